The predicted molar refractivity (Wildman–Crippen MR) is 198 cm³/mol. The van der Waals surface area contributed by atoms with Gasteiger partial charge in [-0.05, 0) is 65.0 Å². The van der Waals surface area contributed by atoms with Crippen molar-refractivity contribution in [2.24, 2.45) is 0 Å². The first-order valence-electron chi connectivity index (χ1n) is 15.5. The molecule has 0 aliphatic rings. The largest absolute Gasteiger partial charge is 0.308 e. The van der Waals surface area contributed by atoms with Gasteiger partial charge in [-0.3, -0.25) is 4.40 Å². The molecule has 0 bridgehead atoms. The Kier molecular flexibility index (Phi) is 4.87. The first kappa shape index (κ1) is 24.8. The van der Waals surface area contributed by atoms with Crippen molar-refractivity contribution < 1.29 is 0 Å². The van der Waals surface area contributed by atoms with Gasteiger partial charge in [-0.15, -0.1) is 22.7 Å². The zero-order valence-electron chi connectivity index (χ0n) is 24.4. The van der Waals surface area contributed by atoms with E-state index in [1.807, 2.05) is 22.7 Å². The van der Waals surface area contributed by atoms with E-state index in [1.165, 1.54) is 79.1 Å². The minimum atomic E-state index is 1.01. The maximum atomic E-state index is 5.25. The lowest BCUT2D eigenvalue weighted by molar-refractivity contribution is 1.19. The van der Waals surface area contributed by atoms with Crippen LogP contribution in [0.15, 0.2) is 140 Å². The van der Waals surface area contributed by atoms with Crippen molar-refractivity contribution in [3.8, 4) is 16.8 Å². The van der Waals surface area contributed by atoms with Crippen molar-refractivity contribution in [3.63, 3.8) is 0 Å². The Bertz CT molecular complexity index is 3030. The van der Waals surface area contributed by atoms with Crippen LogP contribution in [-0.4, -0.2) is 14.0 Å². The summed E-state index contributed by atoms with van der Waals surface area (Å²) in [5.74, 6) is 0. The van der Waals surface area contributed by atoms with Crippen molar-refractivity contribution in [2.75, 3.05) is 0 Å². The number of hydrogen-bond donors (Lipinski definition) is 0. The van der Waals surface area contributed by atoms with Crippen LogP contribution in [0.1, 0.15) is 0 Å². The van der Waals surface area contributed by atoms with E-state index in [0.29, 0.717) is 0 Å². The molecule has 5 aromatic heterocycles. The minimum absolute atomic E-state index is 1.01. The van der Waals surface area contributed by atoms with E-state index in [4.69, 9.17) is 4.98 Å². The number of rotatable bonds is 2. The molecule has 214 valence electrons. The predicted octanol–water partition coefficient (Wildman–Crippen LogP) is 12.0. The van der Waals surface area contributed by atoms with Gasteiger partial charge < -0.3 is 4.57 Å². The average molecular weight is 622 g/mol. The molecule has 5 heterocycles. The van der Waals surface area contributed by atoms with Crippen LogP contribution in [0, 0.1) is 0 Å². The molecule has 0 aliphatic heterocycles. The summed E-state index contributed by atoms with van der Waals surface area (Å²) in [6.45, 7) is 0. The quantitative estimate of drug-likeness (QED) is 0.176. The summed E-state index contributed by atoms with van der Waals surface area (Å²) >= 11 is 3.83. The maximum absolute atomic E-state index is 5.25. The molecule has 0 aliphatic carbocycles. The van der Waals surface area contributed by atoms with Crippen LogP contribution < -0.4 is 0 Å². The molecule has 0 N–H and O–H groups in total. The fourth-order valence-corrected chi connectivity index (χ4v) is 10.2. The Morgan fingerprint density at radius 2 is 1.20 bits per heavy atom. The summed E-state index contributed by atoms with van der Waals surface area (Å²) in [4.78, 5) is 5.25. The zero-order valence-corrected chi connectivity index (χ0v) is 26.1. The van der Waals surface area contributed by atoms with Gasteiger partial charge in [0.25, 0.3) is 0 Å². The van der Waals surface area contributed by atoms with Crippen molar-refractivity contribution in [3.05, 3.63) is 140 Å². The zero-order chi connectivity index (χ0) is 29.9. The molecule has 11 aromatic rings. The number of benzene rings is 6. The summed E-state index contributed by atoms with van der Waals surface area (Å²) < 4.78 is 8.84. The third-order valence-corrected chi connectivity index (χ3v) is 12.0. The lowest BCUT2D eigenvalue weighted by atomic mass is 10.0. The molecule has 0 radical (unpaired) electrons. The Balaban J connectivity index is 1.17. The standard InChI is InChI=1S/C41H23N3S2/c1-2-10-26(11-3-1)43-34-17-9-7-15-30(34)39-38(43)37-31-22-24(19-21-36(31)45-41(37)46-39)25-18-20-35-32(23-25)42-40-29-14-5-4-12-27(29)28-13-6-8-16-33(28)44(35)40/h1-23H. The van der Waals surface area contributed by atoms with Gasteiger partial charge in [-0.2, -0.15) is 0 Å². The van der Waals surface area contributed by atoms with Crippen molar-refractivity contribution in [2.45, 2.75) is 0 Å². The number of aromatic nitrogens is 3. The van der Waals surface area contributed by atoms with Crippen molar-refractivity contribution >= 4 is 102 Å². The molecule has 0 saturated carbocycles. The lowest BCUT2D eigenvalue weighted by Gasteiger charge is -2.08. The van der Waals surface area contributed by atoms with E-state index in [2.05, 4.69) is 148 Å². The number of nitrogens with zero attached hydrogens (tertiary/aromatic N) is 3. The van der Waals surface area contributed by atoms with Gasteiger partial charge in [-0.25, -0.2) is 4.98 Å². The average Bonchev–Trinajstić information content (AvgIpc) is 3.85. The molecular formula is C41H23N3S2. The summed E-state index contributed by atoms with van der Waals surface area (Å²) in [7, 11) is 0. The minimum Gasteiger partial charge on any atom is -0.308 e. The van der Waals surface area contributed by atoms with Crippen LogP contribution in [0.4, 0.5) is 0 Å². The SMILES string of the molecule is c1ccc(-n2c3ccccc3c3sc4sc5ccc(-c6ccc7c(c6)nc6c8ccccc8c8ccccc8n76)cc5c4c32)cc1. The normalized spacial score (nSPS) is 12.3. The van der Waals surface area contributed by atoms with Crippen LogP contribution >= 0.6 is 22.7 Å². The smallest absolute Gasteiger partial charge is 0.146 e. The second-order valence-corrected chi connectivity index (χ2v) is 14.3. The molecule has 0 fully saturated rings. The van der Waals surface area contributed by atoms with E-state index >= 15 is 0 Å². The molecule has 3 nitrogen and oxygen atoms in total. The van der Waals surface area contributed by atoms with Gasteiger partial charge >= 0.3 is 0 Å². The van der Waals surface area contributed by atoms with Crippen molar-refractivity contribution in [1.82, 2.24) is 14.0 Å². The molecule has 0 atom stereocenters. The number of hydrogen-bond acceptors (Lipinski definition) is 3. The Morgan fingerprint density at radius 3 is 2.07 bits per heavy atom. The molecule has 0 saturated heterocycles. The number of pyridine rings is 1. The van der Waals surface area contributed by atoms with Crippen LogP contribution in [-0.2, 0) is 0 Å². The van der Waals surface area contributed by atoms with Crippen LogP contribution in [0.2, 0.25) is 0 Å². The third kappa shape index (κ3) is 3.23. The Morgan fingerprint density at radius 1 is 0.500 bits per heavy atom. The monoisotopic (exact) mass is 621 g/mol. The summed E-state index contributed by atoms with van der Waals surface area (Å²) in [5.41, 5.74) is 10.5. The topological polar surface area (TPSA) is 22.2 Å². The molecule has 46 heavy (non-hydrogen) atoms. The highest BCUT2D eigenvalue weighted by atomic mass is 32.2. The van der Waals surface area contributed by atoms with Gasteiger partial charge in [0.15, 0.2) is 0 Å². The summed E-state index contributed by atoms with van der Waals surface area (Å²) in [6, 6.07) is 50.6. The van der Waals surface area contributed by atoms with Gasteiger partial charge in [0.2, 0.25) is 0 Å². The molecule has 5 heteroatoms. The number of thiophene rings is 2. The van der Waals surface area contributed by atoms with Crippen LogP contribution in [0.25, 0.3) is 95.8 Å². The van der Waals surface area contributed by atoms with Gasteiger partial charge in [0.05, 0.1) is 36.3 Å². The van der Waals surface area contributed by atoms with E-state index in [-0.39, 0.29) is 0 Å². The highest BCUT2D eigenvalue weighted by molar-refractivity contribution is 7.45. The number of fused-ring (bicyclic) bond motifs is 15. The molecule has 0 spiro atoms. The molecule has 0 amide bonds. The highest BCUT2D eigenvalue weighted by Crippen LogP contribution is 2.49. The van der Waals surface area contributed by atoms with Crippen LogP contribution in [0.5, 0.6) is 0 Å². The second kappa shape index (κ2) is 9.04. The molecular weight excluding hydrogens is 599 g/mol. The third-order valence-electron chi connectivity index (χ3n) is 9.52. The lowest BCUT2D eigenvalue weighted by Crippen LogP contribution is -1.92. The first-order chi connectivity index (χ1) is 22.8. The van der Waals surface area contributed by atoms with Gasteiger partial charge in [0.1, 0.15) is 5.65 Å². The number of imidazole rings is 1. The van der Waals surface area contributed by atoms with Gasteiger partial charge in [-0.1, -0.05) is 91.0 Å². The summed E-state index contributed by atoms with van der Waals surface area (Å²) in [5, 5.41) is 7.65. The van der Waals surface area contributed by atoms with Crippen LogP contribution in [0.3, 0.4) is 0 Å². The van der Waals surface area contributed by atoms with Gasteiger partial charge in [0, 0.05) is 37.3 Å². The summed E-state index contributed by atoms with van der Waals surface area (Å²) in [6.07, 6.45) is 0. The van der Waals surface area contributed by atoms with E-state index in [1.54, 1.807) is 0 Å². The molecule has 6 aromatic carbocycles. The fraction of sp³-hybridized carbons (Fsp3) is 0. The molecule has 0 unspecified atom stereocenters. The maximum Gasteiger partial charge on any atom is 0.146 e. The van der Waals surface area contributed by atoms with E-state index in [9.17, 15) is 0 Å². The Hall–Kier alpha value is -5.49. The number of para-hydroxylation sites is 3. The van der Waals surface area contributed by atoms with E-state index in [0.717, 1.165) is 16.7 Å². The Labute approximate surface area is 270 Å². The first-order valence-corrected chi connectivity index (χ1v) is 17.1. The highest BCUT2D eigenvalue weighted by Gasteiger charge is 2.21. The van der Waals surface area contributed by atoms with Crippen molar-refractivity contribution in [1.29, 1.82) is 0 Å². The molecule has 11 rings (SSSR count). The fourth-order valence-electron chi connectivity index (χ4n) is 7.52. The van der Waals surface area contributed by atoms with E-state index < -0.39 is 0 Å². The second-order valence-electron chi connectivity index (χ2n) is 12.0.